The molecule has 18 heavy (non-hydrogen) atoms. The van der Waals surface area contributed by atoms with Gasteiger partial charge in [0.2, 0.25) is 0 Å². The number of hydrogen-bond donors (Lipinski definition) is 2. The zero-order valence-corrected chi connectivity index (χ0v) is 11.1. The van der Waals surface area contributed by atoms with Crippen molar-refractivity contribution in [3.8, 4) is 0 Å². The lowest BCUT2D eigenvalue weighted by Crippen LogP contribution is -2.26. The molecule has 0 radical (unpaired) electrons. The van der Waals surface area contributed by atoms with Crippen LogP contribution in [-0.4, -0.2) is 31.8 Å². The van der Waals surface area contributed by atoms with E-state index in [1.807, 2.05) is 4.57 Å². The number of carboxylic acid groups (broad SMARTS) is 1. The number of aromatic nitrogens is 2. The maximum Gasteiger partial charge on any atom is 0.356 e. The number of carboxylic acids is 1. The summed E-state index contributed by atoms with van der Waals surface area (Å²) < 4.78 is 1.97. The molecule has 1 aliphatic rings. The van der Waals surface area contributed by atoms with Crippen LogP contribution in [0.2, 0.25) is 0 Å². The number of imidazole rings is 1. The molecule has 0 amide bonds. The van der Waals surface area contributed by atoms with Crippen molar-refractivity contribution in [3.63, 3.8) is 0 Å². The summed E-state index contributed by atoms with van der Waals surface area (Å²) in [7, 11) is 0. The van der Waals surface area contributed by atoms with E-state index in [1.165, 1.54) is 0 Å². The van der Waals surface area contributed by atoms with Crippen LogP contribution in [0.5, 0.6) is 0 Å². The van der Waals surface area contributed by atoms with Crippen molar-refractivity contribution in [3.05, 3.63) is 17.2 Å². The molecule has 0 bridgehead atoms. The Hall–Kier alpha value is -1.36. The van der Waals surface area contributed by atoms with Crippen LogP contribution in [0.15, 0.2) is 0 Å². The topological polar surface area (TPSA) is 75.3 Å². The first-order chi connectivity index (χ1) is 8.28. The lowest BCUT2D eigenvalue weighted by molar-refractivity contribution is 0.0687. The lowest BCUT2D eigenvalue weighted by Gasteiger charge is -2.24. The molecule has 1 aromatic heterocycles. The predicted molar refractivity (Wildman–Crippen MR) is 66.7 cm³/mol. The van der Waals surface area contributed by atoms with Gasteiger partial charge in [0.15, 0.2) is 5.69 Å². The van der Waals surface area contributed by atoms with E-state index in [0.29, 0.717) is 25.1 Å². The van der Waals surface area contributed by atoms with Gasteiger partial charge in [-0.15, -0.1) is 0 Å². The molecule has 2 N–H and O–H groups in total. The quantitative estimate of drug-likeness (QED) is 0.836. The highest BCUT2D eigenvalue weighted by Crippen LogP contribution is 2.26. The highest BCUT2D eigenvalue weighted by molar-refractivity contribution is 5.87. The van der Waals surface area contributed by atoms with Gasteiger partial charge in [0.1, 0.15) is 5.82 Å². The third-order valence-electron chi connectivity index (χ3n) is 3.16. The molecule has 0 spiro atoms. The number of rotatable bonds is 2. The van der Waals surface area contributed by atoms with Gasteiger partial charge in [0.05, 0.1) is 11.8 Å². The lowest BCUT2D eigenvalue weighted by atomic mass is 9.92. The average Bonchev–Trinajstić information content (AvgIpc) is 2.54. The van der Waals surface area contributed by atoms with Crippen LogP contribution in [-0.2, 0) is 19.4 Å². The monoisotopic (exact) mass is 252 g/mol. The van der Waals surface area contributed by atoms with E-state index in [-0.39, 0.29) is 11.1 Å². The second-order valence-corrected chi connectivity index (χ2v) is 6.16. The van der Waals surface area contributed by atoms with E-state index in [4.69, 9.17) is 0 Å². The molecule has 0 fully saturated rings. The van der Waals surface area contributed by atoms with Gasteiger partial charge in [0.25, 0.3) is 0 Å². The summed E-state index contributed by atoms with van der Waals surface area (Å²) in [5.74, 6) is -0.185. The molecule has 0 aromatic carbocycles. The van der Waals surface area contributed by atoms with Crippen LogP contribution in [0.25, 0.3) is 0 Å². The summed E-state index contributed by atoms with van der Waals surface area (Å²) >= 11 is 0. The summed E-state index contributed by atoms with van der Waals surface area (Å²) in [6.07, 6.45) is 1.34. The van der Waals surface area contributed by atoms with E-state index in [1.54, 1.807) is 0 Å². The molecular formula is C13H20N2O3. The maximum absolute atomic E-state index is 11.2. The molecule has 1 aliphatic heterocycles. The minimum absolute atomic E-state index is 0.0635. The van der Waals surface area contributed by atoms with E-state index >= 15 is 0 Å². The van der Waals surface area contributed by atoms with Crippen LogP contribution in [0.4, 0.5) is 0 Å². The Morgan fingerprint density at radius 2 is 2.17 bits per heavy atom. The first-order valence-electron chi connectivity index (χ1n) is 6.27. The molecular weight excluding hydrogens is 232 g/mol. The van der Waals surface area contributed by atoms with Crippen LogP contribution in [0.3, 0.4) is 0 Å². The molecule has 5 nitrogen and oxygen atoms in total. The van der Waals surface area contributed by atoms with Crippen molar-refractivity contribution in [2.45, 2.75) is 52.7 Å². The highest BCUT2D eigenvalue weighted by Gasteiger charge is 2.28. The average molecular weight is 252 g/mol. The van der Waals surface area contributed by atoms with Gasteiger partial charge in [-0.1, -0.05) is 20.8 Å². The summed E-state index contributed by atoms with van der Waals surface area (Å²) in [4.78, 5) is 15.5. The first-order valence-corrected chi connectivity index (χ1v) is 6.27. The largest absolute Gasteiger partial charge is 0.476 e. The molecule has 100 valence electrons. The van der Waals surface area contributed by atoms with Gasteiger partial charge in [-0.3, -0.25) is 0 Å². The summed E-state index contributed by atoms with van der Waals surface area (Å²) in [5.41, 5.74) is 0.835. The van der Waals surface area contributed by atoms with Crippen molar-refractivity contribution in [1.29, 1.82) is 0 Å². The first kappa shape index (κ1) is 13.1. The Labute approximate surface area is 106 Å². The fourth-order valence-electron chi connectivity index (χ4n) is 2.39. The number of hydrogen-bond acceptors (Lipinski definition) is 3. The molecule has 5 heteroatoms. The fraction of sp³-hybridized carbons (Fsp3) is 0.692. The van der Waals surface area contributed by atoms with E-state index in [2.05, 4.69) is 25.8 Å². The zero-order valence-electron chi connectivity index (χ0n) is 11.1. The molecule has 0 saturated carbocycles. The second-order valence-electron chi connectivity index (χ2n) is 6.16. The molecule has 2 heterocycles. The number of fused-ring (bicyclic) bond motifs is 1. The Balaban J connectivity index is 2.43. The minimum Gasteiger partial charge on any atom is -0.476 e. The van der Waals surface area contributed by atoms with Gasteiger partial charge in [-0.05, 0) is 11.8 Å². The van der Waals surface area contributed by atoms with Crippen LogP contribution in [0, 0.1) is 5.41 Å². The molecule has 0 saturated heterocycles. The van der Waals surface area contributed by atoms with Crippen molar-refractivity contribution in [1.82, 2.24) is 9.55 Å². The van der Waals surface area contributed by atoms with Crippen molar-refractivity contribution in [2.75, 3.05) is 0 Å². The second kappa shape index (κ2) is 4.39. The number of aliphatic hydroxyl groups is 1. The van der Waals surface area contributed by atoms with E-state index in [9.17, 15) is 15.0 Å². The van der Waals surface area contributed by atoms with Crippen molar-refractivity contribution < 1.29 is 15.0 Å². The number of aromatic carboxylic acids is 1. The summed E-state index contributed by atoms with van der Waals surface area (Å²) in [5, 5.41) is 18.9. The molecule has 0 aliphatic carbocycles. The summed E-state index contributed by atoms with van der Waals surface area (Å²) in [6, 6.07) is 0. The van der Waals surface area contributed by atoms with E-state index in [0.717, 1.165) is 12.2 Å². The van der Waals surface area contributed by atoms with Crippen LogP contribution >= 0.6 is 0 Å². The Morgan fingerprint density at radius 3 is 2.72 bits per heavy atom. The fourth-order valence-corrected chi connectivity index (χ4v) is 2.39. The Morgan fingerprint density at radius 1 is 1.50 bits per heavy atom. The number of aliphatic hydroxyl groups excluding tert-OH is 1. The SMILES string of the molecule is CC(C)(C)Cc1nc(C(=O)O)c2n1CCC(O)C2. The third kappa shape index (κ3) is 2.56. The highest BCUT2D eigenvalue weighted by atomic mass is 16.4. The Bertz CT molecular complexity index is 471. The molecule has 2 rings (SSSR count). The normalized spacial score (nSPS) is 19.7. The number of nitrogens with zero attached hydrogens (tertiary/aromatic N) is 2. The van der Waals surface area contributed by atoms with Gasteiger partial charge < -0.3 is 14.8 Å². The number of carbonyl (C=O) groups is 1. The third-order valence-corrected chi connectivity index (χ3v) is 3.16. The predicted octanol–water partition coefficient (Wildman–Crippen LogP) is 1.48. The van der Waals surface area contributed by atoms with Gasteiger partial charge in [-0.2, -0.15) is 0 Å². The molecule has 1 aromatic rings. The van der Waals surface area contributed by atoms with Crippen LogP contribution in [0.1, 0.15) is 49.2 Å². The maximum atomic E-state index is 11.2. The van der Waals surface area contributed by atoms with Crippen molar-refractivity contribution >= 4 is 5.97 Å². The minimum atomic E-state index is -1.01. The smallest absolute Gasteiger partial charge is 0.356 e. The molecule has 1 unspecified atom stereocenters. The van der Waals surface area contributed by atoms with Crippen LogP contribution < -0.4 is 0 Å². The van der Waals surface area contributed by atoms with E-state index < -0.39 is 12.1 Å². The molecule has 1 atom stereocenters. The van der Waals surface area contributed by atoms with Gasteiger partial charge >= 0.3 is 5.97 Å². The standard InChI is InChI=1S/C13H20N2O3/c1-13(2,3)7-10-14-11(12(17)18)9-6-8(16)4-5-15(9)10/h8,16H,4-7H2,1-3H3,(H,17,18). The van der Waals surface area contributed by atoms with Crippen molar-refractivity contribution in [2.24, 2.45) is 5.41 Å². The zero-order chi connectivity index (χ0) is 13.5. The summed E-state index contributed by atoms with van der Waals surface area (Å²) in [6.45, 7) is 6.97. The van der Waals surface area contributed by atoms with Gasteiger partial charge in [-0.25, -0.2) is 9.78 Å². The Kier molecular flexibility index (Phi) is 3.19. The van der Waals surface area contributed by atoms with Gasteiger partial charge in [0, 0.05) is 19.4 Å².